The van der Waals surface area contributed by atoms with Gasteiger partial charge in [-0.1, -0.05) is 78.9 Å². The summed E-state index contributed by atoms with van der Waals surface area (Å²) in [6, 6.07) is 18.8. The van der Waals surface area contributed by atoms with Gasteiger partial charge >= 0.3 is 6.18 Å². The first-order valence-corrected chi connectivity index (χ1v) is 14.0. The van der Waals surface area contributed by atoms with E-state index in [0.29, 0.717) is 18.4 Å². The van der Waals surface area contributed by atoms with E-state index in [1.165, 1.54) is 38.1 Å². The maximum Gasteiger partial charge on any atom is 0.407 e. The summed E-state index contributed by atoms with van der Waals surface area (Å²) in [6.45, 7) is 2.36. The van der Waals surface area contributed by atoms with Gasteiger partial charge in [-0.3, -0.25) is 14.9 Å². The van der Waals surface area contributed by atoms with Gasteiger partial charge in [0.05, 0.1) is 17.5 Å². The lowest BCUT2D eigenvalue weighted by atomic mass is 9.92. The highest BCUT2D eigenvalue weighted by Crippen LogP contribution is 2.48. The number of hydrogen-bond donors (Lipinski definition) is 3. The minimum Gasteiger partial charge on any atom is -0.369 e. The van der Waals surface area contributed by atoms with Crippen molar-refractivity contribution < 1.29 is 27.2 Å². The Labute approximate surface area is 248 Å². The molecule has 0 spiro atoms. The summed E-state index contributed by atoms with van der Waals surface area (Å²) in [5, 5.41) is 14.4. The fourth-order valence-corrected chi connectivity index (χ4v) is 5.20. The maximum atomic E-state index is 14.7. The summed E-state index contributed by atoms with van der Waals surface area (Å²) in [4.78, 5) is 25.0. The van der Waals surface area contributed by atoms with Crippen LogP contribution >= 0.6 is 0 Å². The highest BCUT2D eigenvalue weighted by molar-refractivity contribution is 5.90. The highest BCUT2D eigenvalue weighted by Gasteiger charge is 2.50. The van der Waals surface area contributed by atoms with Crippen LogP contribution in [0.3, 0.4) is 0 Å². The number of primary amides is 1. The number of nitrogens with one attached hydrogen (secondary N) is 2. The Morgan fingerprint density at radius 3 is 1.95 bits per heavy atom. The molecule has 226 valence electrons. The molecule has 4 rings (SSSR count). The highest BCUT2D eigenvalue weighted by atomic mass is 19.4. The van der Waals surface area contributed by atoms with Gasteiger partial charge in [-0.05, 0) is 54.5 Å². The predicted molar refractivity (Wildman–Crippen MR) is 155 cm³/mol. The van der Waals surface area contributed by atoms with Crippen molar-refractivity contribution in [3.63, 3.8) is 0 Å². The largest absolute Gasteiger partial charge is 0.407 e. The van der Waals surface area contributed by atoms with Gasteiger partial charge in [0.25, 0.3) is 0 Å². The molecular weight excluding hydrogens is 560 g/mol. The minimum absolute atomic E-state index is 0.142. The van der Waals surface area contributed by atoms with Crippen LogP contribution in [0.15, 0.2) is 78.9 Å². The Hall–Kier alpha value is -4.23. The molecule has 6 nitrogen and oxygen atoms in total. The topological polar surface area (TPSA) is 108 Å². The Morgan fingerprint density at radius 2 is 1.49 bits per heavy atom. The van der Waals surface area contributed by atoms with Crippen molar-refractivity contribution >= 4 is 11.8 Å². The molecule has 1 fully saturated rings. The quantitative estimate of drug-likeness (QED) is 0.230. The number of nitrogens with zero attached hydrogens (tertiary/aromatic N) is 1. The second kappa shape index (κ2) is 12.6. The van der Waals surface area contributed by atoms with Crippen LogP contribution in [-0.2, 0) is 21.4 Å². The lowest BCUT2D eigenvalue weighted by Gasteiger charge is -2.30. The molecule has 1 aliphatic rings. The zero-order valence-electron chi connectivity index (χ0n) is 23.9. The molecule has 0 bridgehead atoms. The van der Waals surface area contributed by atoms with Crippen LogP contribution in [0.1, 0.15) is 55.8 Å². The van der Waals surface area contributed by atoms with Gasteiger partial charge in [0, 0.05) is 12.8 Å². The van der Waals surface area contributed by atoms with Crippen molar-refractivity contribution in [2.24, 2.45) is 5.73 Å². The van der Waals surface area contributed by atoms with E-state index in [1.807, 2.05) is 6.07 Å². The van der Waals surface area contributed by atoms with Gasteiger partial charge in [-0.15, -0.1) is 0 Å². The lowest BCUT2D eigenvalue weighted by Crippen LogP contribution is -2.53. The summed E-state index contributed by atoms with van der Waals surface area (Å²) in [5.74, 6) is -1.28. The molecule has 0 radical (unpaired) electrons. The van der Waals surface area contributed by atoms with Gasteiger partial charge in [0.1, 0.15) is 17.8 Å². The summed E-state index contributed by atoms with van der Waals surface area (Å²) in [7, 11) is 0. The molecule has 1 saturated carbocycles. The number of halogens is 4. The Morgan fingerprint density at radius 1 is 0.930 bits per heavy atom. The van der Waals surface area contributed by atoms with Crippen LogP contribution in [0.25, 0.3) is 11.1 Å². The molecule has 4 N–H and O–H groups in total. The van der Waals surface area contributed by atoms with Crippen LogP contribution in [0.2, 0.25) is 0 Å². The average molecular weight is 595 g/mol. The van der Waals surface area contributed by atoms with E-state index >= 15 is 0 Å². The number of nitriles is 1. The minimum atomic E-state index is -4.81. The second-order valence-corrected chi connectivity index (χ2v) is 11.6. The fourth-order valence-electron chi connectivity index (χ4n) is 5.20. The molecule has 10 heteroatoms. The van der Waals surface area contributed by atoms with Crippen LogP contribution in [0.4, 0.5) is 17.6 Å². The van der Waals surface area contributed by atoms with Crippen LogP contribution in [-0.4, -0.2) is 35.7 Å². The van der Waals surface area contributed by atoms with E-state index in [4.69, 9.17) is 5.73 Å². The first-order chi connectivity index (χ1) is 20.2. The van der Waals surface area contributed by atoms with Crippen molar-refractivity contribution in [3.05, 3.63) is 95.6 Å². The van der Waals surface area contributed by atoms with Crippen molar-refractivity contribution in [1.29, 1.82) is 5.26 Å². The molecule has 2 amide bonds. The molecule has 3 aromatic rings. The number of carbonyl (C=O) groups excluding carboxylic acids is 2. The molecule has 0 heterocycles. The number of benzene rings is 3. The van der Waals surface area contributed by atoms with Crippen LogP contribution < -0.4 is 16.4 Å². The summed E-state index contributed by atoms with van der Waals surface area (Å²) < 4.78 is 57.8. The lowest BCUT2D eigenvalue weighted by molar-refractivity contribution is -0.161. The van der Waals surface area contributed by atoms with Gasteiger partial charge < -0.3 is 11.1 Å². The van der Waals surface area contributed by atoms with Gasteiger partial charge in [0.15, 0.2) is 0 Å². The Kier molecular flexibility index (Phi) is 9.26. The van der Waals surface area contributed by atoms with E-state index < -0.39 is 47.7 Å². The first kappa shape index (κ1) is 31.7. The number of amides is 2. The monoisotopic (exact) mass is 594 g/mol. The molecule has 3 atom stereocenters. The van der Waals surface area contributed by atoms with E-state index in [-0.39, 0.29) is 17.9 Å². The summed E-state index contributed by atoms with van der Waals surface area (Å²) >= 11 is 0. The molecule has 43 heavy (non-hydrogen) atoms. The zero-order valence-corrected chi connectivity index (χ0v) is 23.9. The smallest absolute Gasteiger partial charge is 0.369 e. The number of rotatable bonds is 12. The number of alkyl halides is 4. The molecule has 0 saturated heterocycles. The summed E-state index contributed by atoms with van der Waals surface area (Å²) in [6.07, 6.45) is -3.85. The number of nitrogens with two attached hydrogens (primary N) is 1. The number of carbonyl (C=O) groups is 2. The fraction of sp³-hybridized carbons (Fsp3) is 0.364. The van der Waals surface area contributed by atoms with Crippen LogP contribution in [0, 0.1) is 11.3 Å². The van der Waals surface area contributed by atoms with Gasteiger partial charge in [0.2, 0.25) is 11.8 Å². The molecule has 0 aromatic heterocycles. The SMILES string of the molecule is CC(C)(F)C[C@H](N[C@@H](c1ccc(-c2ccc(C3(C(N)=O)CC3)cc2)cc1)C(F)(F)F)C(=O)N[C@H](C#N)Cc1ccccc1. The van der Waals surface area contributed by atoms with Crippen molar-refractivity contribution in [2.75, 3.05) is 0 Å². The molecule has 0 unspecified atom stereocenters. The third-order valence-corrected chi connectivity index (χ3v) is 7.69. The van der Waals surface area contributed by atoms with Crippen molar-refractivity contribution in [1.82, 2.24) is 10.6 Å². The van der Waals surface area contributed by atoms with E-state index in [0.717, 1.165) is 16.7 Å². The molecule has 1 aliphatic carbocycles. The summed E-state index contributed by atoms with van der Waals surface area (Å²) in [5.41, 5.74) is 5.73. The molecule has 3 aromatic carbocycles. The maximum absolute atomic E-state index is 14.7. The van der Waals surface area contributed by atoms with Gasteiger partial charge in [-0.2, -0.15) is 18.4 Å². The normalized spacial score (nSPS) is 16.4. The van der Waals surface area contributed by atoms with E-state index in [1.54, 1.807) is 54.6 Å². The molecular formula is C33H34F4N4O2. The second-order valence-electron chi connectivity index (χ2n) is 11.6. The third kappa shape index (κ3) is 7.99. The Bertz CT molecular complexity index is 1460. The van der Waals surface area contributed by atoms with Gasteiger partial charge in [-0.25, -0.2) is 4.39 Å². The molecule has 0 aliphatic heterocycles. The zero-order chi connectivity index (χ0) is 31.4. The number of hydrogen-bond acceptors (Lipinski definition) is 4. The standard InChI is InChI=1S/C33H34F4N4O2/c1-31(2,34)19-27(29(42)40-26(20-38)18-21-6-4-3-5-7-21)41-28(33(35,36)37)24-10-8-22(9-11-24)23-12-14-25(15-13-23)32(16-17-32)30(39)43/h3-15,26-28,41H,16-19H2,1-2H3,(H2,39,43)(H,40,42)/t26-,27-,28-/m0/s1. The van der Waals surface area contributed by atoms with E-state index in [2.05, 4.69) is 10.6 Å². The predicted octanol–water partition coefficient (Wildman–Crippen LogP) is 5.82. The first-order valence-electron chi connectivity index (χ1n) is 14.0. The third-order valence-electron chi connectivity index (χ3n) is 7.69. The van der Waals surface area contributed by atoms with Crippen molar-refractivity contribution in [2.45, 2.75) is 74.9 Å². The van der Waals surface area contributed by atoms with Crippen LogP contribution in [0.5, 0.6) is 0 Å². The van der Waals surface area contributed by atoms with E-state index in [9.17, 15) is 32.4 Å². The van der Waals surface area contributed by atoms with Crippen molar-refractivity contribution in [3.8, 4) is 17.2 Å². The Balaban J connectivity index is 1.53. The average Bonchev–Trinajstić information content (AvgIpc) is 3.77.